The molecule has 2 aromatic rings. The molecule has 3 nitrogen and oxygen atoms in total. The average Bonchev–Trinajstić information content (AvgIpc) is 2.94. The van der Waals surface area contributed by atoms with Gasteiger partial charge in [0.25, 0.3) is 0 Å². The van der Waals surface area contributed by atoms with Crippen molar-refractivity contribution in [3.8, 4) is 11.1 Å². The van der Waals surface area contributed by atoms with Crippen LogP contribution < -0.4 is 0 Å². The summed E-state index contributed by atoms with van der Waals surface area (Å²) in [6.07, 6.45) is 1.54. The van der Waals surface area contributed by atoms with E-state index in [1.807, 2.05) is 30.3 Å². The van der Waals surface area contributed by atoms with Crippen molar-refractivity contribution in [1.29, 1.82) is 0 Å². The fraction of sp³-hybridized carbons (Fsp3) is 0.435. The molecule has 4 heteroatoms. The average molecular weight is 383 g/mol. The number of carbonyl (C=O) groups is 1. The molecular formula is C23H30O3Si. The summed E-state index contributed by atoms with van der Waals surface area (Å²) >= 11 is 0. The molecule has 1 heterocycles. The lowest BCUT2D eigenvalue weighted by Crippen LogP contribution is -2.41. The van der Waals surface area contributed by atoms with Gasteiger partial charge in [0.1, 0.15) is 6.10 Å². The molecule has 0 aromatic heterocycles. The summed E-state index contributed by atoms with van der Waals surface area (Å²) in [6, 6.07) is 16.2. The zero-order chi connectivity index (χ0) is 19.7. The van der Waals surface area contributed by atoms with E-state index in [-0.39, 0.29) is 17.1 Å². The molecule has 0 spiro atoms. The van der Waals surface area contributed by atoms with Crippen LogP contribution in [0.4, 0.5) is 0 Å². The quantitative estimate of drug-likeness (QED) is 0.331. The topological polar surface area (TPSA) is 35.5 Å². The van der Waals surface area contributed by atoms with Crippen LogP contribution in [0.3, 0.4) is 0 Å². The summed E-state index contributed by atoms with van der Waals surface area (Å²) in [7, 11) is -1.72. The zero-order valence-corrected chi connectivity index (χ0v) is 18.0. The predicted molar refractivity (Wildman–Crippen MR) is 112 cm³/mol. The highest BCUT2D eigenvalue weighted by molar-refractivity contribution is 6.74. The molecule has 0 radical (unpaired) electrons. The van der Waals surface area contributed by atoms with Crippen LogP contribution >= 0.6 is 0 Å². The Balaban J connectivity index is 1.64. The molecule has 0 saturated carbocycles. The van der Waals surface area contributed by atoms with E-state index in [2.05, 4.69) is 52.1 Å². The van der Waals surface area contributed by atoms with Crippen LogP contribution in [-0.2, 0) is 9.16 Å². The summed E-state index contributed by atoms with van der Waals surface area (Å²) < 4.78 is 11.9. The molecule has 27 heavy (non-hydrogen) atoms. The third-order valence-corrected chi connectivity index (χ3v) is 10.4. The summed E-state index contributed by atoms with van der Waals surface area (Å²) in [5, 5.41) is 0.216. The van der Waals surface area contributed by atoms with E-state index in [0.717, 1.165) is 36.1 Å². The molecule has 0 amide bonds. The molecule has 0 N–H and O–H groups in total. The first-order valence-electron chi connectivity index (χ1n) is 9.73. The van der Waals surface area contributed by atoms with Crippen LogP contribution in [0.2, 0.25) is 18.1 Å². The van der Waals surface area contributed by atoms with Gasteiger partial charge in [-0.05, 0) is 48.2 Å². The van der Waals surface area contributed by atoms with E-state index in [0.29, 0.717) is 5.56 Å². The second kappa shape index (κ2) is 7.61. The van der Waals surface area contributed by atoms with Gasteiger partial charge in [-0.15, -0.1) is 0 Å². The minimum atomic E-state index is -1.72. The van der Waals surface area contributed by atoms with Crippen LogP contribution in [0, 0.1) is 0 Å². The Morgan fingerprint density at radius 3 is 2.41 bits per heavy atom. The first-order chi connectivity index (χ1) is 12.7. The van der Waals surface area contributed by atoms with Crippen molar-refractivity contribution in [3.63, 3.8) is 0 Å². The number of hydrogen-bond acceptors (Lipinski definition) is 3. The molecule has 1 atom stereocenters. The standard InChI is InChI=1S/C23H30O3Si/c1-23(2,3)27(4,5)25-15-9-12-21-19-14-13-18(16-20(19)22(24)26-21)17-10-7-6-8-11-17/h6-8,10-11,13-14,16,21H,9,12,15H2,1-5H3. The lowest BCUT2D eigenvalue weighted by atomic mass is 9.96. The minimum Gasteiger partial charge on any atom is -0.454 e. The highest BCUT2D eigenvalue weighted by Crippen LogP contribution is 2.38. The van der Waals surface area contributed by atoms with Gasteiger partial charge in [0.2, 0.25) is 0 Å². The SMILES string of the molecule is CC(C)(C)[Si](C)(C)OCCCC1OC(=O)c2cc(-c3ccccc3)ccc21. The van der Waals surface area contributed by atoms with Gasteiger partial charge in [-0.1, -0.05) is 63.2 Å². The molecule has 1 aliphatic heterocycles. The highest BCUT2D eigenvalue weighted by atomic mass is 28.4. The van der Waals surface area contributed by atoms with Gasteiger partial charge in [0.05, 0.1) is 5.56 Å². The van der Waals surface area contributed by atoms with Crippen molar-refractivity contribution in [1.82, 2.24) is 0 Å². The van der Waals surface area contributed by atoms with Gasteiger partial charge in [-0.2, -0.15) is 0 Å². The van der Waals surface area contributed by atoms with E-state index < -0.39 is 8.32 Å². The second-order valence-electron chi connectivity index (χ2n) is 8.81. The van der Waals surface area contributed by atoms with Crippen molar-refractivity contribution < 1.29 is 14.0 Å². The summed E-state index contributed by atoms with van der Waals surface area (Å²) in [4.78, 5) is 12.3. The van der Waals surface area contributed by atoms with Crippen LogP contribution in [0.15, 0.2) is 48.5 Å². The molecular weight excluding hydrogens is 352 g/mol. The van der Waals surface area contributed by atoms with Gasteiger partial charge in [-0.25, -0.2) is 4.79 Å². The first-order valence-corrected chi connectivity index (χ1v) is 12.6. The summed E-state index contributed by atoms with van der Waals surface area (Å²) in [5.74, 6) is -0.210. The van der Waals surface area contributed by atoms with Gasteiger partial charge in [0, 0.05) is 12.2 Å². The summed E-state index contributed by atoms with van der Waals surface area (Å²) in [5.41, 5.74) is 3.87. The Hall–Kier alpha value is -1.91. The molecule has 3 rings (SSSR count). The smallest absolute Gasteiger partial charge is 0.339 e. The van der Waals surface area contributed by atoms with Crippen molar-refractivity contribution >= 4 is 14.3 Å². The third kappa shape index (κ3) is 4.33. The largest absolute Gasteiger partial charge is 0.454 e. The van der Waals surface area contributed by atoms with Crippen LogP contribution in [0.5, 0.6) is 0 Å². The lowest BCUT2D eigenvalue weighted by Gasteiger charge is -2.36. The lowest BCUT2D eigenvalue weighted by molar-refractivity contribution is 0.0355. The number of carbonyl (C=O) groups excluding carboxylic acids is 1. The Morgan fingerprint density at radius 2 is 1.74 bits per heavy atom. The number of benzene rings is 2. The van der Waals surface area contributed by atoms with E-state index >= 15 is 0 Å². The first kappa shape index (κ1) is 19.8. The Labute approximate surface area is 163 Å². The number of rotatable bonds is 6. The molecule has 0 saturated heterocycles. The minimum absolute atomic E-state index is 0.152. The van der Waals surface area contributed by atoms with Crippen LogP contribution in [0.1, 0.15) is 55.6 Å². The van der Waals surface area contributed by atoms with Crippen molar-refractivity contribution in [3.05, 3.63) is 59.7 Å². The van der Waals surface area contributed by atoms with E-state index in [4.69, 9.17) is 9.16 Å². The van der Waals surface area contributed by atoms with Gasteiger partial charge in [-0.3, -0.25) is 0 Å². The molecule has 2 aromatic carbocycles. The predicted octanol–water partition coefficient (Wildman–Crippen LogP) is 6.37. The number of ether oxygens (including phenoxy) is 1. The van der Waals surface area contributed by atoms with Crippen molar-refractivity contribution in [2.75, 3.05) is 6.61 Å². The maximum absolute atomic E-state index is 12.3. The molecule has 0 fully saturated rings. The number of hydrogen-bond donors (Lipinski definition) is 0. The summed E-state index contributed by atoms with van der Waals surface area (Å²) in [6.45, 7) is 12.0. The van der Waals surface area contributed by atoms with Crippen molar-refractivity contribution in [2.24, 2.45) is 0 Å². The van der Waals surface area contributed by atoms with Gasteiger partial charge >= 0.3 is 5.97 Å². The maximum Gasteiger partial charge on any atom is 0.339 e. The number of esters is 1. The fourth-order valence-corrected chi connectivity index (χ4v) is 4.19. The van der Waals surface area contributed by atoms with E-state index in [1.54, 1.807) is 0 Å². The molecule has 0 aliphatic carbocycles. The van der Waals surface area contributed by atoms with Crippen LogP contribution in [0.25, 0.3) is 11.1 Å². The number of fused-ring (bicyclic) bond motifs is 1. The molecule has 144 valence electrons. The number of cyclic esters (lactones) is 1. The van der Waals surface area contributed by atoms with Crippen molar-refractivity contribution in [2.45, 2.75) is 57.8 Å². The molecule has 1 unspecified atom stereocenters. The maximum atomic E-state index is 12.3. The van der Waals surface area contributed by atoms with E-state index in [9.17, 15) is 4.79 Å². The Bertz CT molecular complexity index is 806. The Morgan fingerprint density at radius 1 is 1.04 bits per heavy atom. The van der Waals surface area contributed by atoms with E-state index in [1.165, 1.54) is 0 Å². The normalized spacial score (nSPS) is 16.9. The van der Waals surface area contributed by atoms with Gasteiger partial charge < -0.3 is 9.16 Å². The van der Waals surface area contributed by atoms with Gasteiger partial charge in [0.15, 0.2) is 8.32 Å². The highest BCUT2D eigenvalue weighted by Gasteiger charge is 2.37. The second-order valence-corrected chi connectivity index (χ2v) is 13.6. The fourth-order valence-electron chi connectivity index (χ4n) is 3.11. The van der Waals surface area contributed by atoms with Crippen LogP contribution in [-0.4, -0.2) is 20.9 Å². The Kier molecular flexibility index (Phi) is 5.59. The monoisotopic (exact) mass is 382 g/mol. The molecule has 0 bridgehead atoms. The third-order valence-electron chi connectivity index (χ3n) is 5.86. The zero-order valence-electron chi connectivity index (χ0n) is 17.0. The molecule has 1 aliphatic rings.